The Morgan fingerprint density at radius 3 is 2.50 bits per heavy atom. The molecule has 0 fully saturated rings. The number of nitrogens with one attached hydrogen (secondary N) is 2. The van der Waals surface area contributed by atoms with Crippen LogP contribution in [0.25, 0.3) is 0 Å². The second-order valence-electron chi connectivity index (χ2n) is 10.4. The molecule has 4 aromatic rings. The summed E-state index contributed by atoms with van der Waals surface area (Å²) < 4.78 is 0. The lowest BCUT2D eigenvalue weighted by Crippen LogP contribution is -2.45. The van der Waals surface area contributed by atoms with Gasteiger partial charge in [0.05, 0.1) is 18.6 Å². The fourth-order valence-corrected chi connectivity index (χ4v) is 5.83. The molecule has 0 saturated heterocycles. The fraction of sp³-hybridized carbons (Fsp3) is 0.267. The van der Waals surface area contributed by atoms with E-state index < -0.39 is 6.04 Å². The van der Waals surface area contributed by atoms with Crippen molar-refractivity contribution in [2.24, 2.45) is 0 Å². The van der Waals surface area contributed by atoms with Crippen LogP contribution in [0.1, 0.15) is 66.5 Å². The van der Waals surface area contributed by atoms with Gasteiger partial charge in [0.15, 0.2) is 0 Å². The van der Waals surface area contributed by atoms with E-state index >= 15 is 0 Å². The van der Waals surface area contributed by atoms with Crippen LogP contribution in [0.2, 0.25) is 0 Å². The number of thioether (sulfide) groups is 1. The summed E-state index contributed by atoms with van der Waals surface area (Å²) in [5, 5.41) is 3.26. The minimum Gasteiger partial charge on any atom is -0.347 e. The number of anilines is 1. The van der Waals surface area contributed by atoms with Crippen molar-refractivity contribution in [3.63, 3.8) is 0 Å². The average molecular weight is 526 g/mol. The molecular weight excluding hydrogens is 494 g/mol. The van der Waals surface area contributed by atoms with E-state index in [0.717, 1.165) is 23.3 Å². The van der Waals surface area contributed by atoms with E-state index in [-0.39, 0.29) is 23.3 Å². The van der Waals surface area contributed by atoms with Gasteiger partial charge in [-0.15, -0.1) is 11.8 Å². The van der Waals surface area contributed by atoms with Crippen molar-refractivity contribution in [1.29, 1.82) is 0 Å². The first kappa shape index (κ1) is 25.7. The molecule has 2 atom stereocenters. The van der Waals surface area contributed by atoms with Crippen molar-refractivity contribution in [2.45, 2.75) is 49.6 Å². The molecule has 0 aliphatic carbocycles. The molecule has 0 radical (unpaired) electrons. The third-order valence-corrected chi connectivity index (χ3v) is 7.86. The molecule has 0 spiro atoms. The summed E-state index contributed by atoms with van der Waals surface area (Å²) in [6.45, 7) is 6.42. The number of rotatable bonds is 6. The molecule has 1 unspecified atom stereocenters. The van der Waals surface area contributed by atoms with Crippen molar-refractivity contribution in [3.8, 4) is 0 Å². The van der Waals surface area contributed by atoms with Gasteiger partial charge in [0.2, 0.25) is 5.91 Å². The molecule has 1 aliphatic heterocycles. The molecule has 38 heavy (non-hydrogen) atoms. The topological polar surface area (TPSA) is 91.0 Å². The number of hydrogen-bond acceptors (Lipinski definition) is 5. The molecule has 2 amide bonds. The van der Waals surface area contributed by atoms with Crippen LogP contribution in [-0.4, -0.2) is 32.5 Å². The molecule has 7 nitrogen and oxygen atoms in total. The quantitative estimate of drug-likeness (QED) is 0.330. The van der Waals surface area contributed by atoms with Gasteiger partial charge in [-0.3, -0.25) is 19.5 Å². The third-order valence-electron chi connectivity index (χ3n) is 6.74. The molecule has 1 aliphatic rings. The summed E-state index contributed by atoms with van der Waals surface area (Å²) in [6, 6.07) is 18.5. The molecule has 5 rings (SSSR count). The SMILES string of the molecule is CC(C)(C)c1ccc(N(C(=O)c2cnc[nH]2)C(C(=O)N[C@H]2CCSc3ccccc32)c2cccnc2)cc1. The zero-order chi connectivity index (χ0) is 26.7. The van der Waals surface area contributed by atoms with E-state index in [1.165, 1.54) is 22.3 Å². The summed E-state index contributed by atoms with van der Waals surface area (Å²) in [4.78, 5) is 42.1. The van der Waals surface area contributed by atoms with E-state index in [2.05, 4.69) is 53.2 Å². The van der Waals surface area contributed by atoms with E-state index in [1.807, 2.05) is 42.5 Å². The summed E-state index contributed by atoms with van der Waals surface area (Å²) in [6.07, 6.45) is 7.05. The van der Waals surface area contributed by atoms with Gasteiger partial charge in [-0.05, 0) is 47.2 Å². The smallest absolute Gasteiger partial charge is 0.277 e. The lowest BCUT2D eigenvalue weighted by molar-refractivity contribution is -0.123. The van der Waals surface area contributed by atoms with Crippen LogP contribution >= 0.6 is 11.8 Å². The van der Waals surface area contributed by atoms with Gasteiger partial charge < -0.3 is 10.3 Å². The van der Waals surface area contributed by atoms with Gasteiger partial charge in [0.25, 0.3) is 5.91 Å². The number of H-pyrrole nitrogens is 1. The Bertz CT molecular complexity index is 1400. The second-order valence-corrected chi connectivity index (χ2v) is 11.5. The highest BCUT2D eigenvalue weighted by Crippen LogP contribution is 2.37. The van der Waals surface area contributed by atoms with Crippen molar-refractivity contribution in [1.82, 2.24) is 20.3 Å². The predicted octanol–water partition coefficient (Wildman–Crippen LogP) is 5.84. The molecule has 8 heteroatoms. The Balaban J connectivity index is 1.58. The Morgan fingerprint density at radius 1 is 1.03 bits per heavy atom. The van der Waals surface area contributed by atoms with E-state index in [1.54, 1.807) is 30.2 Å². The van der Waals surface area contributed by atoms with Gasteiger partial charge in [0, 0.05) is 34.3 Å². The standard InChI is InChI=1S/C30H31N5O2S/c1-30(2,3)21-10-12-22(13-11-21)35(29(37)25-18-32-19-33-25)27(20-7-6-15-31-17-20)28(36)34-24-14-16-38-26-9-5-4-8-23(24)26/h4-13,15,17-19,24,27H,14,16H2,1-3H3,(H,32,33)(H,34,36)/t24-,27?/m0/s1. The van der Waals surface area contributed by atoms with Crippen LogP contribution in [0.5, 0.6) is 0 Å². The normalized spacial score (nSPS) is 15.8. The highest BCUT2D eigenvalue weighted by molar-refractivity contribution is 7.99. The van der Waals surface area contributed by atoms with Crippen LogP contribution in [0.15, 0.2) is 90.5 Å². The number of aromatic amines is 1. The number of benzene rings is 2. The van der Waals surface area contributed by atoms with Gasteiger partial charge in [0.1, 0.15) is 11.7 Å². The Kier molecular flexibility index (Phi) is 7.33. The molecule has 2 N–H and O–H groups in total. The van der Waals surface area contributed by atoms with Crippen LogP contribution in [0.3, 0.4) is 0 Å². The number of amides is 2. The number of pyridine rings is 1. The fourth-order valence-electron chi connectivity index (χ4n) is 4.71. The third kappa shape index (κ3) is 5.36. The average Bonchev–Trinajstić information content (AvgIpc) is 3.47. The number of carbonyl (C=O) groups excluding carboxylic acids is 2. The van der Waals surface area contributed by atoms with Crippen molar-refractivity contribution in [2.75, 3.05) is 10.7 Å². The van der Waals surface area contributed by atoms with Crippen molar-refractivity contribution >= 4 is 29.3 Å². The van der Waals surface area contributed by atoms with Gasteiger partial charge in [-0.2, -0.15) is 0 Å². The van der Waals surface area contributed by atoms with Crippen LogP contribution in [0.4, 0.5) is 5.69 Å². The molecule has 3 heterocycles. The van der Waals surface area contributed by atoms with Crippen LogP contribution in [-0.2, 0) is 10.2 Å². The molecule has 2 aromatic carbocycles. The summed E-state index contributed by atoms with van der Waals surface area (Å²) in [5.74, 6) is 0.289. The first-order valence-electron chi connectivity index (χ1n) is 12.7. The first-order chi connectivity index (χ1) is 18.3. The van der Waals surface area contributed by atoms with Crippen molar-refractivity contribution in [3.05, 3.63) is 108 Å². The van der Waals surface area contributed by atoms with Gasteiger partial charge >= 0.3 is 0 Å². The van der Waals surface area contributed by atoms with Gasteiger partial charge in [-0.25, -0.2) is 4.98 Å². The van der Waals surface area contributed by atoms with E-state index in [0.29, 0.717) is 16.9 Å². The molecule has 2 aromatic heterocycles. The molecule has 0 bridgehead atoms. The predicted molar refractivity (Wildman–Crippen MR) is 150 cm³/mol. The minimum absolute atomic E-state index is 0.0523. The van der Waals surface area contributed by atoms with Crippen LogP contribution in [0, 0.1) is 0 Å². The highest BCUT2D eigenvalue weighted by Gasteiger charge is 2.36. The number of hydrogen-bond donors (Lipinski definition) is 2. The number of fused-ring (bicyclic) bond motifs is 1. The highest BCUT2D eigenvalue weighted by atomic mass is 32.2. The largest absolute Gasteiger partial charge is 0.347 e. The number of imidazole rings is 1. The maximum Gasteiger partial charge on any atom is 0.277 e. The lowest BCUT2D eigenvalue weighted by Gasteiger charge is -2.34. The molecular formula is C30H31N5O2S. The Morgan fingerprint density at radius 2 is 1.82 bits per heavy atom. The Hall–Kier alpha value is -3.91. The molecule has 0 saturated carbocycles. The number of aromatic nitrogens is 3. The first-order valence-corrected chi connectivity index (χ1v) is 13.7. The zero-order valence-corrected chi connectivity index (χ0v) is 22.5. The zero-order valence-electron chi connectivity index (χ0n) is 21.7. The monoisotopic (exact) mass is 525 g/mol. The number of nitrogens with zero attached hydrogens (tertiary/aromatic N) is 3. The maximum atomic E-state index is 14.2. The summed E-state index contributed by atoms with van der Waals surface area (Å²) in [7, 11) is 0. The lowest BCUT2D eigenvalue weighted by atomic mass is 9.87. The summed E-state index contributed by atoms with van der Waals surface area (Å²) >= 11 is 1.80. The minimum atomic E-state index is -0.943. The summed E-state index contributed by atoms with van der Waals surface area (Å²) in [5.41, 5.74) is 3.71. The van der Waals surface area contributed by atoms with E-state index in [4.69, 9.17) is 0 Å². The Labute approximate surface area is 227 Å². The maximum absolute atomic E-state index is 14.2. The molecule has 194 valence electrons. The van der Waals surface area contributed by atoms with Gasteiger partial charge in [-0.1, -0.05) is 57.2 Å². The van der Waals surface area contributed by atoms with E-state index in [9.17, 15) is 9.59 Å². The van der Waals surface area contributed by atoms with Crippen molar-refractivity contribution < 1.29 is 9.59 Å². The number of carbonyl (C=O) groups is 2. The second kappa shape index (κ2) is 10.8. The van der Waals surface area contributed by atoms with Crippen LogP contribution < -0.4 is 10.2 Å².